The minimum Gasteiger partial charge on any atom is -0.494 e. The Morgan fingerprint density at radius 3 is 2.19 bits per heavy atom. The molecule has 0 amide bonds. The molecule has 6 heteroatoms. The molecule has 26 heavy (non-hydrogen) atoms. The van der Waals surface area contributed by atoms with Gasteiger partial charge in [-0.3, -0.25) is 0 Å². The highest BCUT2D eigenvalue weighted by Gasteiger charge is 2.30. The first-order valence-corrected chi connectivity index (χ1v) is 8.72. The lowest BCUT2D eigenvalue weighted by molar-refractivity contribution is -0.137. The first-order valence-electron chi connectivity index (χ1n) is 8.72. The summed E-state index contributed by atoms with van der Waals surface area (Å²) in [6.07, 6.45) is -3.31. The van der Waals surface area contributed by atoms with Gasteiger partial charge in [-0.1, -0.05) is 19.9 Å². The fourth-order valence-electron chi connectivity index (χ4n) is 2.30. The highest BCUT2D eigenvalue weighted by molar-refractivity contribution is 5.48. The van der Waals surface area contributed by atoms with Gasteiger partial charge in [-0.25, -0.2) is 0 Å². The van der Waals surface area contributed by atoms with Crippen LogP contribution in [0.1, 0.15) is 25.8 Å². The molecule has 142 valence electrons. The van der Waals surface area contributed by atoms with Gasteiger partial charge in [0.2, 0.25) is 0 Å². The maximum atomic E-state index is 12.7. The Hall–Kier alpha value is -2.37. The van der Waals surface area contributed by atoms with E-state index in [0.29, 0.717) is 31.3 Å². The number of halogens is 3. The first kappa shape index (κ1) is 19.9. The standard InChI is InChI=1S/C20H25F3N2O/c1-15(2)10-13-26-19-8-6-17(7-9-19)24-11-12-25-18-5-3-4-16(14-18)20(21,22)23/h3-9,14-15,24-25H,10-13H2,1-2H3. The zero-order valence-corrected chi connectivity index (χ0v) is 15.1. The number of benzene rings is 2. The van der Waals surface area contributed by atoms with Crippen molar-refractivity contribution in [2.75, 3.05) is 30.3 Å². The van der Waals surface area contributed by atoms with Crippen LogP contribution >= 0.6 is 0 Å². The van der Waals surface area contributed by atoms with Gasteiger partial charge in [0.1, 0.15) is 5.75 Å². The summed E-state index contributed by atoms with van der Waals surface area (Å²) in [5, 5.41) is 6.21. The van der Waals surface area contributed by atoms with Crippen molar-refractivity contribution in [3.8, 4) is 5.75 Å². The lowest BCUT2D eigenvalue weighted by Gasteiger charge is -2.12. The second-order valence-electron chi connectivity index (χ2n) is 6.49. The minimum atomic E-state index is -4.32. The molecule has 2 aromatic carbocycles. The van der Waals surface area contributed by atoms with Crippen LogP contribution in [-0.4, -0.2) is 19.7 Å². The molecule has 0 saturated heterocycles. The SMILES string of the molecule is CC(C)CCOc1ccc(NCCNc2cccc(C(F)(F)F)c2)cc1. The van der Waals surface area contributed by atoms with Crippen LogP contribution in [-0.2, 0) is 6.18 Å². The maximum Gasteiger partial charge on any atom is 0.416 e. The van der Waals surface area contributed by atoms with Gasteiger partial charge in [0, 0.05) is 24.5 Å². The Morgan fingerprint density at radius 1 is 0.923 bits per heavy atom. The van der Waals surface area contributed by atoms with Gasteiger partial charge in [-0.2, -0.15) is 13.2 Å². The fourth-order valence-corrected chi connectivity index (χ4v) is 2.30. The lowest BCUT2D eigenvalue weighted by Crippen LogP contribution is -2.14. The molecule has 2 aromatic rings. The summed E-state index contributed by atoms with van der Waals surface area (Å²) in [4.78, 5) is 0. The van der Waals surface area contributed by atoms with Crippen LogP contribution in [0.15, 0.2) is 48.5 Å². The lowest BCUT2D eigenvalue weighted by atomic mass is 10.1. The highest BCUT2D eigenvalue weighted by Crippen LogP contribution is 2.30. The zero-order chi connectivity index (χ0) is 19.0. The van der Waals surface area contributed by atoms with Crippen molar-refractivity contribution in [1.29, 1.82) is 0 Å². The molecule has 0 aromatic heterocycles. The Balaban J connectivity index is 1.73. The molecule has 0 radical (unpaired) electrons. The number of nitrogens with one attached hydrogen (secondary N) is 2. The first-order chi connectivity index (χ1) is 12.3. The molecule has 0 spiro atoms. The summed E-state index contributed by atoms with van der Waals surface area (Å²) in [6, 6.07) is 12.9. The second kappa shape index (κ2) is 9.36. The average Bonchev–Trinajstić information content (AvgIpc) is 2.59. The number of anilines is 2. The number of rotatable bonds is 9. The fraction of sp³-hybridized carbons (Fsp3) is 0.400. The summed E-state index contributed by atoms with van der Waals surface area (Å²) in [5.41, 5.74) is 0.742. The molecule has 2 N–H and O–H groups in total. The van der Waals surface area contributed by atoms with Crippen molar-refractivity contribution < 1.29 is 17.9 Å². The monoisotopic (exact) mass is 366 g/mol. The normalized spacial score (nSPS) is 11.5. The second-order valence-corrected chi connectivity index (χ2v) is 6.49. The van der Waals surface area contributed by atoms with Crippen molar-refractivity contribution in [1.82, 2.24) is 0 Å². The third-order valence-corrected chi connectivity index (χ3v) is 3.79. The molecule has 0 aliphatic heterocycles. The molecule has 0 aliphatic rings. The summed E-state index contributed by atoms with van der Waals surface area (Å²) in [5.74, 6) is 1.44. The molecule has 0 aliphatic carbocycles. The Bertz CT molecular complexity index is 670. The van der Waals surface area contributed by atoms with Crippen molar-refractivity contribution in [2.45, 2.75) is 26.4 Å². The van der Waals surface area contributed by atoms with E-state index in [4.69, 9.17) is 4.74 Å². The zero-order valence-electron chi connectivity index (χ0n) is 15.1. The molecule has 3 nitrogen and oxygen atoms in total. The van der Waals surface area contributed by atoms with Crippen molar-refractivity contribution >= 4 is 11.4 Å². The number of ether oxygens (including phenoxy) is 1. The third kappa shape index (κ3) is 6.86. The van der Waals surface area contributed by atoms with Crippen molar-refractivity contribution in [2.24, 2.45) is 5.92 Å². The third-order valence-electron chi connectivity index (χ3n) is 3.79. The summed E-state index contributed by atoms with van der Waals surface area (Å²) >= 11 is 0. The van der Waals surface area contributed by atoms with E-state index in [-0.39, 0.29) is 0 Å². The van der Waals surface area contributed by atoms with Gasteiger partial charge >= 0.3 is 6.18 Å². The molecular weight excluding hydrogens is 341 g/mol. The Labute approximate surface area is 152 Å². The van der Waals surface area contributed by atoms with Crippen molar-refractivity contribution in [3.63, 3.8) is 0 Å². The number of hydrogen-bond donors (Lipinski definition) is 2. The predicted molar refractivity (Wildman–Crippen MR) is 99.8 cm³/mol. The Morgan fingerprint density at radius 2 is 1.58 bits per heavy atom. The maximum absolute atomic E-state index is 12.7. The van der Waals surface area contributed by atoms with E-state index in [9.17, 15) is 13.2 Å². The van der Waals surface area contributed by atoms with E-state index < -0.39 is 11.7 Å². The number of hydrogen-bond acceptors (Lipinski definition) is 3. The highest BCUT2D eigenvalue weighted by atomic mass is 19.4. The molecule has 0 bridgehead atoms. The predicted octanol–water partition coefficient (Wildman–Crippen LogP) is 5.65. The Kier molecular flexibility index (Phi) is 7.18. The van der Waals surface area contributed by atoms with E-state index in [1.54, 1.807) is 6.07 Å². The van der Waals surface area contributed by atoms with Crippen LogP contribution < -0.4 is 15.4 Å². The van der Waals surface area contributed by atoms with Gasteiger partial charge in [0.15, 0.2) is 0 Å². The van der Waals surface area contributed by atoms with Gasteiger partial charge in [-0.15, -0.1) is 0 Å². The van der Waals surface area contributed by atoms with Crippen LogP contribution in [0.3, 0.4) is 0 Å². The van der Waals surface area contributed by atoms with Gasteiger partial charge in [0.25, 0.3) is 0 Å². The molecule has 0 saturated carbocycles. The van der Waals surface area contributed by atoms with Crippen LogP contribution in [0.4, 0.5) is 24.5 Å². The topological polar surface area (TPSA) is 33.3 Å². The van der Waals surface area contributed by atoms with Crippen LogP contribution in [0.25, 0.3) is 0 Å². The minimum absolute atomic E-state index is 0.454. The van der Waals surface area contributed by atoms with Crippen molar-refractivity contribution in [3.05, 3.63) is 54.1 Å². The average molecular weight is 366 g/mol. The molecule has 2 rings (SSSR count). The van der Waals surface area contributed by atoms with Crippen LogP contribution in [0.2, 0.25) is 0 Å². The van der Waals surface area contributed by atoms with E-state index in [1.807, 2.05) is 24.3 Å². The molecule has 0 heterocycles. The van der Waals surface area contributed by atoms with Gasteiger partial charge in [-0.05, 0) is 54.8 Å². The quantitative estimate of drug-likeness (QED) is 0.562. The van der Waals surface area contributed by atoms with Crippen LogP contribution in [0, 0.1) is 5.92 Å². The van der Waals surface area contributed by atoms with E-state index in [1.165, 1.54) is 6.07 Å². The van der Waals surface area contributed by atoms with Gasteiger partial charge < -0.3 is 15.4 Å². The molecule has 0 atom stereocenters. The summed E-state index contributed by atoms with van der Waals surface area (Å²) in [7, 11) is 0. The van der Waals surface area contributed by atoms with Gasteiger partial charge in [0.05, 0.1) is 12.2 Å². The molecular formula is C20H25F3N2O. The molecule has 0 fully saturated rings. The number of alkyl halides is 3. The summed E-state index contributed by atoms with van der Waals surface area (Å²) in [6.45, 7) is 6.11. The largest absolute Gasteiger partial charge is 0.494 e. The summed E-state index contributed by atoms with van der Waals surface area (Å²) < 4.78 is 43.7. The van der Waals surface area contributed by atoms with E-state index in [2.05, 4.69) is 24.5 Å². The smallest absolute Gasteiger partial charge is 0.416 e. The van der Waals surface area contributed by atoms with E-state index >= 15 is 0 Å². The van der Waals surface area contributed by atoms with E-state index in [0.717, 1.165) is 30.0 Å². The van der Waals surface area contributed by atoms with Crippen LogP contribution in [0.5, 0.6) is 5.75 Å². The molecule has 0 unspecified atom stereocenters.